The van der Waals surface area contributed by atoms with E-state index >= 15 is 0 Å². The monoisotopic (exact) mass is 475 g/mol. The number of esters is 1. The normalized spacial score (nSPS) is 16.1. The fourth-order valence-corrected chi connectivity index (χ4v) is 3.73. The Bertz CT molecular complexity index is 1300. The van der Waals surface area contributed by atoms with Crippen molar-refractivity contribution in [1.29, 1.82) is 0 Å². The molecule has 1 aliphatic heterocycles. The summed E-state index contributed by atoms with van der Waals surface area (Å²) >= 11 is 0. The number of carbonyl (C=O) groups is 2. The highest BCUT2D eigenvalue weighted by Gasteiger charge is 2.34. The van der Waals surface area contributed by atoms with E-state index in [0.29, 0.717) is 11.1 Å². The number of halogens is 3. The minimum atomic E-state index is -4.58. The van der Waals surface area contributed by atoms with Crippen LogP contribution >= 0.6 is 0 Å². The number of benzene rings is 2. The Balaban J connectivity index is 1.61. The molecule has 1 amide bonds. The number of nitrogens with one attached hydrogen (secondary N) is 2. The third-order valence-corrected chi connectivity index (χ3v) is 5.29. The smallest absolute Gasteiger partial charge is 0.417 e. The summed E-state index contributed by atoms with van der Waals surface area (Å²) in [6.45, 7) is 0.0122. The highest BCUT2D eigenvalue weighted by atomic mass is 19.4. The first-order chi connectivity index (χ1) is 16.2. The molecule has 178 valence electrons. The topological polar surface area (TPSA) is 101 Å². The zero-order chi connectivity index (χ0) is 24.5. The third-order valence-electron chi connectivity index (χ3n) is 5.29. The van der Waals surface area contributed by atoms with Gasteiger partial charge in [-0.25, -0.2) is 4.79 Å². The van der Waals surface area contributed by atoms with Gasteiger partial charge in [0.25, 0.3) is 5.56 Å². The number of rotatable bonds is 6. The summed E-state index contributed by atoms with van der Waals surface area (Å²) in [5, 5.41) is 3.26. The van der Waals surface area contributed by atoms with Gasteiger partial charge in [-0.2, -0.15) is 13.2 Å². The van der Waals surface area contributed by atoms with Gasteiger partial charge >= 0.3 is 18.2 Å². The number of likely N-dealkylation sites (N-methyl/N-ethyl adjacent to an activating group) is 1. The molecule has 0 bridgehead atoms. The zero-order valence-corrected chi connectivity index (χ0v) is 17.9. The number of pyridine rings is 1. The molecule has 1 saturated heterocycles. The van der Waals surface area contributed by atoms with Gasteiger partial charge in [0.05, 0.1) is 18.7 Å². The molecule has 0 aliphatic carbocycles. The second-order valence-corrected chi connectivity index (χ2v) is 7.66. The summed E-state index contributed by atoms with van der Waals surface area (Å²) in [5.41, 5.74) is -1.20. The number of aromatic nitrogens is 1. The number of nitrogens with zero attached hydrogens (tertiary/aromatic N) is 1. The lowest BCUT2D eigenvalue weighted by atomic mass is 10.0. The Hall–Kier alpha value is -3.86. The highest BCUT2D eigenvalue weighted by molar-refractivity contribution is 5.94. The molecule has 0 radical (unpaired) electrons. The molecule has 11 heteroatoms. The zero-order valence-electron chi connectivity index (χ0n) is 17.9. The fraction of sp³-hybridized carbons (Fsp3) is 0.261. The van der Waals surface area contributed by atoms with Crippen LogP contribution in [0.5, 0.6) is 0 Å². The minimum absolute atomic E-state index is 0.0211. The van der Waals surface area contributed by atoms with Crippen LogP contribution in [0.2, 0.25) is 0 Å². The van der Waals surface area contributed by atoms with E-state index in [1.807, 2.05) is 0 Å². The van der Waals surface area contributed by atoms with Gasteiger partial charge in [-0.05, 0) is 36.7 Å². The van der Waals surface area contributed by atoms with Crippen molar-refractivity contribution in [2.45, 2.75) is 12.3 Å². The predicted molar refractivity (Wildman–Crippen MR) is 118 cm³/mol. The molecule has 1 aliphatic rings. The molecule has 2 heterocycles. The lowest BCUT2D eigenvalue weighted by molar-refractivity contribution is -0.144. The molecule has 1 aromatic heterocycles. The number of hydrogen-bond donors (Lipinski definition) is 2. The average molecular weight is 475 g/mol. The lowest BCUT2D eigenvalue weighted by Crippen LogP contribution is -2.28. The van der Waals surface area contributed by atoms with Crippen LogP contribution in [-0.2, 0) is 20.4 Å². The lowest BCUT2D eigenvalue weighted by Gasteiger charge is -2.15. The number of fused-ring (bicyclic) bond motifs is 1. The van der Waals surface area contributed by atoms with Gasteiger partial charge in [-0.1, -0.05) is 24.3 Å². The van der Waals surface area contributed by atoms with Crippen LogP contribution in [0.4, 0.5) is 23.7 Å². The van der Waals surface area contributed by atoms with Crippen molar-refractivity contribution in [3.05, 3.63) is 64.4 Å². The van der Waals surface area contributed by atoms with Crippen molar-refractivity contribution >= 4 is 28.5 Å². The second-order valence-electron chi connectivity index (χ2n) is 7.66. The van der Waals surface area contributed by atoms with Crippen LogP contribution in [0.15, 0.2) is 53.3 Å². The molecule has 1 atom stereocenters. The van der Waals surface area contributed by atoms with E-state index in [-0.39, 0.29) is 36.3 Å². The highest BCUT2D eigenvalue weighted by Crippen LogP contribution is 2.36. The molecule has 34 heavy (non-hydrogen) atoms. The van der Waals surface area contributed by atoms with Crippen LogP contribution in [0.1, 0.15) is 5.56 Å². The third kappa shape index (κ3) is 4.74. The number of H-pyrrole nitrogens is 1. The van der Waals surface area contributed by atoms with Gasteiger partial charge in [0, 0.05) is 22.3 Å². The Morgan fingerprint density at radius 2 is 1.97 bits per heavy atom. The Morgan fingerprint density at radius 1 is 1.21 bits per heavy atom. The first-order valence-corrected chi connectivity index (χ1v) is 10.3. The van der Waals surface area contributed by atoms with Crippen LogP contribution < -0.4 is 15.8 Å². The standard InChI is InChI=1S/C23H20F3N3O5/c1-27-10-20(30)33-12-15-11-29(22(32)34-15)14-7-6-13-8-19(28-21(31)17(13)9-14)16-4-2-3-5-18(16)23(24,25)26/h2-9,15,27H,10-12H2,1H3,(H,28,31)/t15-/m0/s1. The summed E-state index contributed by atoms with van der Waals surface area (Å²) in [7, 11) is 1.60. The van der Waals surface area contributed by atoms with E-state index in [9.17, 15) is 27.6 Å². The molecule has 2 aromatic carbocycles. The first-order valence-electron chi connectivity index (χ1n) is 10.3. The van der Waals surface area contributed by atoms with Gasteiger partial charge < -0.3 is 19.8 Å². The quantitative estimate of drug-likeness (QED) is 0.531. The number of anilines is 1. The van der Waals surface area contributed by atoms with Gasteiger partial charge in [0.1, 0.15) is 6.61 Å². The molecule has 4 rings (SSSR count). The van der Waals surface area contributed by atoms with Gasteiger partial charge in [-0.15, -0.1) is 0 Å². The predicted octanol–water partition coefficient (Wildman–Crippen LogP) is 3.30. The summed E-state index contributed by atoms with van der Waals surface area (Å²) in [6, 6.07) is 11.0. The molecule has 2 N–H and O–H groups in total. The largest absolute Gasteiger partial charge is 0.461 e. The van der Waals surface area contributed by atoms with Gasteiger partial charge in [0.15, 0.2) is 6.10 Å². The molecule has 0 saturated carbocycles. The molecule has 3 aromatic rings. The number of ether oxygens (including phenoxy) is 2. The molecular weight excluding hydrogens is 455 g/mol. The van der Waals surface area contributed by atoms with Gasteiger partial charge in [0.2, 0.25) is 0 Å². The van der Waals surface area contributed by atoms with Crippen molar-refractivity contribution in [3.8, 4) is 11.3 Å². The number of amides is 1. The molecule has 0 spiro atoms. The van der Waals surface area contributed by atoms with Crippen LogP contribution in [0.25, 0.3) is 22.0 Å². The van der Waals surface area contributed by atoms with Crippen LogP contribution in [-0.4, -0.2) is 49.9 Å². The molecule has 0 unspecified atom stereocenters. The number of aromatic amines is 1. The summed E-state index contributed by atoms with van der Waals surface area (Å²) in [4.78, 5) is 40.3. The van der Waals surface area contributed by atoms with Gasteiger partial charge in [-0.3, -0.25) is 14.5 Å². The molecule has 1 fully saturated rings. The van der Waals surface area contributed by atoms with Crippen molar-refractivity contribution in [1.82, 2.24) is 10.3 Å². The maximum atomic E-state index is 13.4. The summed E-state index contributed by atoms with van der Waals surface area (Å²) in [5.74, 6) is -0.489. The Morgan fingerprint density at radius 3 is 2.71 bits per heavy atom. The van der Waals surface area contributed by atoms with Crippen molar-refractivity contribution < 1.29 is 32.2 Å². The van der Waals surface area contributed by atoms with Crippen molar-refractivity contribution in [3.63, 3.8) is 0 Å². The fourth-order valence-electron chi connectivity index (χ4n) is 3.73. The van der Waals surface area contributed by atoms with Crippen molar-refractivity contribution in [2.75, 3.05) is 31.6 Å². The number of alkyl halides is 3. The summed E-state index contributed by atoms with van der Waals surface area (Å²) < 4.78 is 50.5. The SMILES string of the molecule is CNCC(=O)OC[C@@H]1CN(c2ccc3cc(-c4ccccc4C(F)(F)F)[nH]c(=O)c3c2)C(=O)O1. The number of cyclic esters (lactones) is 1. The summed E-state index contributed by atoms with van der Waals surface area (Å²) in [6.07, 6.45) is -5.93. The van der Waals surface area contributed by atoms with Crippen LogP contribution in [0.3, 0.4) is 0 Å². The average Bonchev–Trinajstić information content (AvgIpc) is 3.17. The van der Waals surface area contributed by atoms with E-state index in [0.717, 1.165) is 6.07 Å². The Kier molecular flexibility index (Phi) is 6.29. The Labute approximate surface area is 191 Å². The minimum Gasteiger partial charge on any atom is -0.461 e. The van der Waals surface area contributed by atoms with E-state index in [2.05, 4.69) is 10.3 Å². The molecular formula is C23H20F3N3O5. The second kappa shape index (κ2) is 9.18. The first kappa shape index (κ1) is 23.3. The maximum absolute atomic E-state index is 13.4. The maximum Gasteiger partial charge on any atom is 0.417 e. The van der Waals surface area contributed by atoms with E-state index < -0.39 is 35.5 Å². The number of carbonyl (C=O) groups excluding carboxylic acids is 2. The van der Waals surface area contributed by atoms with Crippen molar-refractivity contribution in [2.24, 2.45) is 0 Å². The van der Waals surface area contributed by atoms with E-state index in [4.69, 9.17) is 9.47 Å². The molecule has 8 nitrogen and oxygen atoms in total. The van der Waals surface area contributed by atoms with Crippen LogP contribution in [0, 0.1) is 0 Å². The number of hydrogen-bond acceptors (Lipinski definition) is 6. The van der Waals surface area contributed by atoms with E-state index in [1.165, 1.54) is 35.2 Å². The van der Waals surface area contributed by atoms with E-state index in [1.54, 1.807) is 19.2 Å².